The standard InChI is InChI=1S/C22H27FN2O2/c23-18-4-2-17(3-5-18)22-6-1-7-25(22)20(26)24(13-22)19-15-8-14-9-16(19)12-21(27,10-14)11-15/h2-5,14-16,19,27H,1,6-13H2. The number of benzene rings is 1. The number of amides is 2. The number of urea groups is 1. The van der Waals surface area contributed by atoms with Gasteiger partial charge in [0.1, 0.15) is 5.82 Å². The molecule has 4 aliphatic carbocycles. The molecule has 2 saturated heterocycles. The maximum absolute atomic E-state index is 13.5. The van der Waals surface area contributed by atoms with E-state index in [1.807, 2.05) is 12.1 Å². The molecule has 0 radical (unpaired) electrons. The first-order chi connectivity index (χ1) is 13.0. The van der Waals surface area contributed by atoms with Gasteiger partial charge in [0.2, 0.25) is 0 Å². The van der Waals surface area contributed by atoms with Crippen molar-refractivity contribution in [2.24, 2.45) is 17.8 Å². The van der Waals surface area contributed by atoms with E-state index in [9.17, 15) is 14.3 Å². The lowest BCUT2D eigenvalue weighted by molar-refractivity contribution is -0.152. The molecule has 4 saturated carbocycles. The molecule has 2 aliphatic heterocycles. The molecule has 3 atom stereocenters. The summed E-state index contributed by atoms with van der Waals surface area (Å²) in [6.45, 7) is 1.51. The lowest BCUT2D eigenvalue weighted by Gasteiger charge is -2.59. The van der Waals surface area contributed by atoms with Gasteiger partial charge in [0, 0.05) is 12.6 Å². The van der Waals surface area contributed by atoms with Crippen LogP contribution in [0.3, 0.4) is 0 Å². The van der Waals surface area contributed by atoms with Crippen LogP contribution < -0.4 is 0 Å². The van der Waals surface area contributed by atoms with Gasteiger partial charge in [-0.05, 0) is 80.4 Å². The van der Waals surface area contributed by atoms with Gasteiger partial charge in [-0.25, -0.2) is 9.18 Å². The minimum atomic E-state index is -0.472. The summed E-state index contributed by atoms with van der Waals surface area (Å²) in [7, 11) is 0. The van der Waals surface area contributed by atoms with E-state index in [0.717, 1.165) is 63.6 Å². The van der Waals surface area contributed by atoms with Gasteiger partial charge in [0.15, 0.2) is 0 Å². The predicted molar refractivity (Wildman–Crippen MR) is 98.4 cm³/mol. The summed E-state index contributed by atoms with van der Waals surface area (Å²) in [5, 5.41) is 10.9. The first-order valence-corrected chi connectivity index (χ1v) is 10.5. The van der Waals surface area contributed by atoms with E-state index in [0.29, 0.717) is 17.8 Å². The number of nitrogens with zero attached hydrogens (tertiary/aromatic N) is 2. The van der Waals surface area contributed by atoms with Gasteiger partial charge in [-0.2, -0.15) is 0 Å². The number of rotatable bonds is 2. The third-order valence-corrected chi connectivity index (χ3v) is 8.33. The summed E-state index contributed by atoms with van der Waals surface area (Å²) in [5.74, 6) is 1.30. The molecule has 0 spiro atoms. The molecule has 5 heteroatoms. The van der Waals surface area contributed by atoms with E-state index in [2.05, 4.69) is 9.80 Å². The van der Waals surface area contributed by atoms with E-state index >= 15 is 0 Å². The average Bonchev–Trinajstić information content (AvgIpc) is 3.14. The largest absolute Gasteiger partial charge is 0.390 e. The summed E-state index contributed by atoms with van der Waals surface area (Å²) in [5.41, 5.74) is 0.302. The topological polar surface area (TPSA) is 43.8 Å². The van der Waals surface area contributed by atoms with Crippen LogP contribution in [-0.4, -0.2) is 45.7 Å². The van der Waals surface area contributed by atoms with Crippen molar-refractivity contribution in [1.29, 1.82) is 0 Å². The molecule has 1 aromatic rings. The number of fused-ring (bicyclic) bond motifs is 1. The first kappa shape index (κ1) is 16.3. The van der Waals surface area contributed by atoms with Crippen LogP contribution in [0.5, 0.6) is 0 Å². The van der Waals surface area contributed by atoms with Crippen molar-refractivity contribution in [2.75, 3.05) is 13.1 Å². The Balaban J connectivity index is 1.35. The molecule has 27 heavy (non-hydrogen) atoms. The molecule has 3 unspecified atom stereocenters. The normalized spacial score (nSPS) is 45.0. The molecular formula is C22H27FN2O2. The van der Waals surface area contributed by atoms with Crippen LogP contribution in [0.4, 0.5) is 9.18 Å². The van der Waals surface area contributed by atoms with Crippen LogP contribution in [0.1, 0.15) is 50.5 Å². The first-order valence-electron chi connectivity index (χ1n) is 10.5. The Hall–Kier alpha value is -1.62. The second-order valence-electron chi connectivity index (χ2n) is 9.89. The van der Waals surface area contributed by atoms with Crippen LogP contribution in [0.25, 0.3) is 0 Å². The quantitative estimate of drug-likeness (QED) is 0.866. The average molecular weight is 370 g/mol. The molecule has 144 valence electrons. The Morgan fingerprint density at radius 1 is 1.07 bits per heavy atom. The van der Waals surface area contributed by atoms with Crippen molar-refractivity contribution >= 4 is 6.03 Å². The zero-order chi connectivity index (χ0) is 18.4. The molecule has 6 aliphatic rings. The Morgan fingerprint density at radius 3 is 2.44 bits per heavy atom. The number of hydrogen-bond donors (Lipinski definition) is 1. The van der Waals surface area contributed by atoms with Gasteiger partial charge in [0.05, 0.1) is 17.7 Å². The van der Waals surface area contributed by atoms with Crippen molar-refractivity contribution < 1.29 is 14.3 Å². The Bertz CT molecular complexity index is 780. The van der Waals surface area contributed by atoms with Crippen LogP contribution in [0.15, 0.2) is 24.3 Å². The van der Waals surface area contributed by atoms with Crippen LogP contribution in [-0.2, 0) is 5.54 Å². The van der Waals surface area contributed by atoms with Gasteiger partial charge in [0.25, 0.3) is 0 Å². The van der Waals surface area contributed by atoms with Crippen LogP contribution in [0.2, 0.25) is 0 Å². The summed E-state index contributed by atoms with van der Waals surface area (Å²) in [4.78, 5) is 17.7. The molecule has 1 N–H and O–H groups in total. The van der Waals surface area contributed by atoms with Gasteiger partial charge < -0.3 is 14.9 Å². The lowest BCUT2D eigenvalue weighted by Crippen LogP contribution is -2.62. The van der Waals surface area contributed by atoms with E-state index in [4.69, 9.17) is 0 Å². The van der Waals surface area contributed by atoms with Crippen LogP contribution >= 0.6 is 0 Å². The van der Waals surface area contributed by atoms with Gasteiger partial charge >= 0.3 is 6.03 Å². The molecular weight excluding hydrogens is 343 g/mol. The third kappa shape index (κ3) is 2.15. The maximum atomic E-state index is 13.5. The summed E-state index contributed by atoms with van der Waals surface area (Å²) in [6, 6.07) is 7.21. The number of aliphatic hydroxyl groups is 1. The SMILES string of the molecule is O=C1N(C2C3CC4CC2CC(O)(C4)C3)CC2(c3ccc(F)cc3)CCCN12. The van der Waals surface area contributed by atoms with Gasteiger partial charge in [-0.3, -0.25) is 0 Å². The highest BCUT2D eigenvalue weighted by molar-refractivity contribution is 5.79. The Morgan fingerprint density at radius 2 is 1.78 bits per heavy atom. The molecule has 2 amide bonds. The molecule has 4 nitrogen and oxygen atoms in total. The fraction of sp³-hybridized carbons (Fsp3) is 0.682. The monoisotopic (exact) mass is 370 g/mol. The minimum Gasteiger partial charge on any atom is -0.390 e. The third-order valence-electron chi connectivity index (χ3n) is 8.33. The Kier molecular flexibility index (Phi) is 3.18. The van der Waals surface area contributed by atoms with Crippen molar-refractivity contribution in [3.63, 3.8) is 0 Å². The van der Waals surface area contributed by atoms with E-state index in [1.54, 1.807) is 0 Å². The fourth-order valence-electron chi connectivity index (χ4n) is 7.67. The molecule has 0 aromatic heterocycles. The van der Waals surface area contributed by atoms with E-state index in [1.165, 1.54) is 12.1 Å². The predicted octanol–water partition coefficient (Wildman–Crippen LogP) is 3.49. The summed E-state index contributed by atoms with van der Waals surface area (Å²) >= 11 is 0. The minimum absolute atomic E-state index is 0.168. The fourth-order valence-corrected chi connectivity index (χ4v) is 7.67. The zero-order valence-electron chi connectivity index (χ0n) is 15.6. The van der Waals surface area contributed by atoms with Crippen LogP contribution in [0, 0.1) is 23.6 Å². The van der Waals surface area contributed by atoms with Gasteiger partial charge in [-0.15, -0.1) is 0 Å². The van der Waals surface area contributed by atoms with E-state index < -0.39 is 5.60 Å². The number of halogens is 1. The molecule has 4 bridgehead atoms. The van der Waals surface area contributed by atoms with Crippen molar-refractivity contribution in [3.05, 3.63) is 35.6 Å². The van der Waals surface area contributed by atoms with Crippen molar-refractivity contribution in [1.82, 2.24) is 9.80 Å². The second-order valence-corrected chi connectivity index (χ2v) is 9.89. The molecule has 7 rings (SSSR count). The lowest BCUT2D eigenvalue weighted by atomic mass is 9.52. The molecule has 2 heterocycles. The highest BCUT2D eigenvalue weighted by Crippen LogP contribution is 2.58. The van der Waals surface area contributed by atoms with Crippen molar-refractivity contribution in [2.45, 2.75) is 62.1 Å². The maximum Gasteiger partial charge on any atom is 0.321 e. The number of hydrogen-bond acceptors (Lipinski definition) is 2. The molecule has 1 aromatic carbocycles. The Labute approximate surface area is 159 Å². The van der Waals surface area contributed by atoms with Gasteiger partial charge in [-0.1, -0.05) is 12.1 Å². The van der Waals surface area contributed by atoms with E-state index in [-0.39, 0.29) is 23.4 Å². The van der Waals surface area contributed by atoms with Crippen molar-refractivity contribution in [3.8, 4) is 0 Å². The highest BCUT2D eigenvalue weighted by Gasteiger charge is 2.61. The number of carbonyl (C=O) groups is 1. The smallest absolute Gasteiger partial charge is 0.321 e. The molecule has 6 fully saturated rings. The summed E-state index contributed by atoms with van der Waals surface area (Å²) < 4.78 is 13.5. The highest BCUT2D eigenvalue weighted by atomic mass is 19.1. The number of carbonyl (C=O) groups excluding carboxylic acids is 1. The summed E-state index contributed by atoms with van der Waals surface area (Å²) in [6.07, 6.45) is 6.97. The zero-order valence-corrected chi connectivity index (χ0v) is 15.6. The second kappa shape index (κ2) is 5.25.